The molecule has 0 aliphatic carbocycles. The van der Waals surface area contributed by atoms with Crippen LogP contribution in [0.1, 0.15) is 42.1 Å². The molecule has 38 heavy (non-hydrogen) atoms. The highest BCUT2D eigenvalue weighted by Gasteiger charge is 2.46. The minimum absolute atomic E-state index is 0.0415. The highest BCUT2D eigenvalue weighted by Crippen LogP contribution is 2.43. The number of hydrogen-bond donors (Lipinski definition) is 2. The first-order chi connectivity index (χ1) is 18.3. The monoisotopic (exact) mass is 517 g/mol. The van der Waals surface area contributed by atoms with Crippen molar-refractivity contribution in [3.63, 3.8) is 0 Å². The summed E-state index contributed by atoms with van der Waals surface area (Å²) in [5, 5.41) is 21.7. The standard InChI is InChI=1S/C30H31NO7/c1-5-37-24-14-10-21(15-18(24)3)28(33)26-27(20-9-13-23(32)25(16-20)38-6-2)31(30(35)29(26)34)17-19-7-11-22(36-4)12-8-19/h7-16,27,32-33H,5-6,17H2,1-4H3/b28-26-. The number of likely N-dealkylation sites (tertiary alicyclic amines) is 1. The van der Waals surface area contributed by atoms with E-state index in [1.807, 2.05) is 26.0 Å². The molecule has 4 rings (SSSR count). The van der Waals surface area contributed by atoms with Gasteiger partial charge in [-0.2, -0.15) is 0 Å². The number of ketones is 1. The summed E-state index contributed by atoms with van der Waals surface area (Å²) in [5.74, 6) is -0.331. The minimum Gasteiger partial charge on any atom is -0.507 e. The summed E-state index contributed by atoms with van der Waals surface area (Å²) in [5.41, 5.74) is 2.42. The molecule has 1 atom stereocenters. The van der Waals surface area contributed by atoms with Crippen molar-refractivity contribution in [2.45, 2.75) is 33.4 Å². The predicted molar refractivity (Wildman–Crippen MR) is 142 cm³/mol. The van der Waals surface area contributed by atoms with Crippen molar-refractivity contribution < 1.29 is 34.0 Å². The number of rotatable bonds is 9. The minimum atomic E-state index is -0.913. The van der Waals surface area contributed by atoms with Crippen molar-refractivity contribution in [1.82, 2.24) is 4.90 Å². The molecule has 198 valence electrons. The van der Waals surface area contributed by atoms with Gasteiger partial charge in [0.2, 0.25) is 0 Å². The van der Waals surface area contributed by atoms with Gasteiger partial charge in [-0.3, -0.25) is 9.59 Å². The second kappa shape index (κ2) is 11.3. The largest absolute Gasteiger partial charge is 0.507 e. The lowest BCUT2D eigenvalue weighted by Crippen LogP contribution is -2.29. The van der Waals surface area contributed by atoms with Crippen molar-refractivity contribution in [2.24, 2.45) is 0 Å². The lowest BCUT2D eigenvalue weighted by atomic mass is 9.94. The van der Waals surface area contributed by atoms with Crippen molar-refractivity contribution in [3.8, 4) is 23.0 Å². The Kier molecular flexibility index (Phi) is 7.90. The van der Waals surface area contributed by atoms with Crippen LogP contribution in [-0.2, 0) is 16.1 Å². The van der Waals surface area contributed by atoms with Crippen LogP contribution in [0.4, 0.5) is 0 Å². The number of nitrogens with zero attached hydrogens (tertiary/aromatic N) is 1. The lowest BCUT2D eigenvalue weighted by Gasteiger charge is -2.26. The number of phenols is 1. The average molecular weight is 518 g/mol. The third-order valence-corrected chi connectivity index (χ3v) is 6.40. The number of methoxy groups -OCH3 is 1. The van der Waals surface area contributed by atoms with E-state index in [0.29, 0.717) is 35.8 Å². The molecule has 0 aromatic heterocycles. The van der Waals surface area contributed by atoms with Crippen molar-refractivity contribution >= 4 is 17.4 Å². The smallest absolute Gasteiger partial charge is 0.295 e. The molecule has 0 saturated carbocycles. The fourth-order valence-electron chi connectivity index (χ4n) is 4.56. The van der Waals surface area contributed by atoms with Gasteiger partial charge in [-0.1, -0.05) is 18.2 Å². The number of benzene rings is 3. The van der Waals surface area contributed by atoms with E-state index >= 15 is 0 Å². The van der Waals surface area contributed by atoms with E-state index in [2.05, 4.69) is 0 Å². The first-order valence-corrected chi connectivity index (χ1v) is 12.4. The Labute approximate surface area is 221 Å². The summed E-state index contributed by atoms with van der Waals surface area (Å²) >= 11 is 0. The topological polar surface area (TPSA) is 106 Å². The molecule has 1 unspecified atom stereocenters. The van der Waals surface area contributed by atoms with Gasteiger partial charge < -0.3 is 29.3 Å². The maximum absolute atomic E-state index is 13.4. The van der Waals surface area contributed by atoms with Crippen LogP contribution in [0, 0.1) is 6.92 Å². The number of ether oxygens (including phenoxy) is 3. The van der Waals surface area contributed by atoms with Crippen molar-refractivity contribution in [3.05, 3.63) is 88.5 Å². The van der Waals surface area contributed by atoms with Crippen LogP contribution in [0.3, 0.4) is 0 Å². The summed E-state index contributed by atoms with van der Waals surface area (Å²) in [6, 6.07) is 16.0. The molecular formula is C30H31NO7. The molecule has 1 aliphatic rings. The number of carbonyl (C=O) groups is 2. The molecule has 1 saturated heterocycles. The van der Waals surface area contributed by atoms with Gasteiger partial charge in [0.15, 0.2) is 11.5 Å². The molecule has 0 spiro atoms. The van der Waals surface area contributed by atoms with E-state index in [1.165, 1.54) is 11.0 Å². The molecule has 2 N–H and O–H groups in total. The van der Waals surface area contributed by atoms with E-state index in [1.54, 1.807) is 56.5 Å². The number of phenolic OH excluding ortho intramolecular Hbond substituents is 1. The number of carbonyl (C=O) groups excluding carboxylic acids is 2. The third kappa shape index (κ3) is 5.16. The van der Waals surface area contributed by atoms with Crippen LogP contribution in [0.15, 0.2) is 66.2 Å². The fraction of sp³-hybridized carbons (Fsp3) is 0.267. The highest BCUT2D eigenvalue weighted by atomic mass is 16.5. The van der Waals surface area contributed by atoms with Gasteiger partial charge in [0.1, 0.15) is 17.3 Å². The first-order valence-electron chi connectivity index (χ1n) is 12.4. The Hall–Kier alpha value is -4.46. The molecule has 8 nitrogen and oxygen atoms in total. The lowest BCUT2D eigenvalue weighted by molar-refractivity contribution is -0.140. The molecule has 1 heterocycles. The molecule has 8 heteroatoms. The van der Waals surface area contributed by atoms with E-state index in [9.17, 15) is 19.8 Å². The fourth-order valence-corrected chi connectivity index (χ4v) is 4.56. The van der Waals surface area contributed by atoms with Crippen molar-refractivity contribution in [1.29, 1.82) is 0 Å². The number of aliphatic hydroxyl groups excluding tert-OH is 1. The zero-order valence-corrected chi connectivity index (χ0v) is 21.9. The summed E-state index contributed by atoms with van der Waals surface area (Å²) in [4.78, 5) is 28.2. The van der Waals surface area contributed by atoms with Gasteiger partial charge in [0, 0.05) is 12.1 Å². The van der Waals surface area contributed by atoms with Gasteiger partial charge in [0.05, 0.1) is 31.9 Å². The number of amides is 1. The molecule has 0 radical (unpaired) electrons. The van der Waals surface area contributed by atoms with Gasteiger partial charge in [-0.25, -0.2) is 0 Å². The first kappa shape index (κ1) is 26.6. The van der Waals surface area contributed by atoms with E-state index in [-0.39, 0.29) is 29.4 Å². The van der Waals surface area contributed by atoms with E-state index < -0.39 is 17.7 Å². The average Bonchev–Trinajstić information content (AvgIpc) is 3.16. The van der Waals surface area contributed by atoms with Crippen LogP contribution in [0.2, 0.25) is 0 Å². The number of aryl methyl sites for hydroxylation is 1. The Morgan fingerprint density at radius 1 is 0.921 bits per heavy atom. The molecular weight excluding hydrogens is 486 g/mol. The molecule has 3 aromatic rings. The predicted octanol–water partition coefficient (Wildman–Crippen LogP) is 5.13. The number of aromatic hydroxyl groups is 1. The summed E-state index contributed by atoms with van der Waals surface area (Å²) in [6.45, 7) is 6.43. The van der Waals surface area contributed by atoms with Gasteiger partial charge in [0.25, 0.3) is 11.7 Å². The van der Waals surface area contributed by atoms with Crippen LogP contribution >= 0.6 is 0 Å². The third-order valence-electron chi connectivity index (χ3n) is 6.40. The molecule has 1 amide bonds. The quantitative estimate of drug-likeness (QED) is 0.230. The zero-order chi connectivity index (χ0) is 27.4. The SMILES string of the molecule is CCOc1ccc(/C(O)=C2/C(=O)C(=O)N(Cc3ccc(OC)cc3)C2c2ccc(O)c(OCC)c2)cc1C. The molecule has 0 bridgehead atoms. The highest BCUT2D eigenvalue weighted by molar-refractivity contribution is 6.46. The molecule has 1 aliphatic heterocycles. The zero-order valence-electron chi connectivity index (χ0n) is 21.9. The Morgan fingerprint density at radius 2 is 1.61 bits per heavy atom. The number of hydrogen-bond acceptors (Lipinski definition) is 7. The number of aliphatic hydroxyl groups is 1. The summed E-state index contributed by atoms with van der Waals surface area (Å²) in [6.07, 6.45) is 0. The van der Waals surface area contributed by atoms with Crippen molar-refractivity contribution in [2.75, 3.05) is 20.3 Å². The summed E-state index contributed by atoms with van der Waals surface area (Å²) in [7, 11) is 1.57. The number of Topliss-reactive ketones (excluding diaryl/α,β-unsaturated/α-hetero) is 1. The van der Waals surface area contributed by atoms with E-state index in [4.69, 9.17) is 14.2 Å². The summed E-state index contributed by atoms with van der Waals surface area (Å²) < 4.78 is 16.4. The van der Waals surface area contributed by atoms with Crippen LogP contribution in [-0.4, -0.2) is 47.1 Å². The van der Waals surface area contributed by atoms with Crippen LogP contribution in [0.25, 0.3) is 5.76 Å². The Morgan fingerprint density at radius 3 is 2.24 bits per heavy atom. The van der Waals surface area contributed by atoms with Gasteiger partial charge in [-0.15, -0.1) is 0 Å². The normalized spacial score (nSPS) is 16.5. The Bertz CT molecular complexity index is 1380. The van der Waals surface area contributed by atoms with Crippen LogP contribution in [0.5, 0.6) is 23.0 Å². The molecule has 3 aromatic carbocycles. The second-order valence-corrected chi connectivity index (χ2v) is 8.85. The maximum Gasteiger partial charge on any atom is 0.295 e. The van der Waals surface area contributed by atoms with E-state index in [0.717, 1.165) is 11.1 Å². The molecule has 1 fully saturated rings. The van der Waals surface area contributed by atoms with Crippen LogP contribution < -0.4 is 14.2 Å². The maximum atomic E-state index is 13.4. The van der Waals surface area contributed by atoms with Gasteiger partial charge in [-0.05, 0) is 79.9 Å². The van der Waals surface area contributed by atoms with Gasteiger partial charge >= 0.3 is 0 Å². The Balaban J connectivity index is 1.85. The second-order valence-electron chi connectivity index (χ2n) is 8.85.